The molecular weight excluding hydrogens is 560 g/mol. The van der Waals surface area contributed by atoms with Crippen molar-refractivity contribution in [2.45, 2.75) is 6.42 Å². The molecule has 9 rings (SSSR count). The summed E-state index contributed by atoms with van der Waals surface area (Å²) in [7, 11) is 0. The van der Waals surface area contributed by atoms with Gasteiger partial charge >= 0.3 is 0 Å². The average molecular weight is 591 g/mol. The fraction of sp³-hybridized carbons (Fsp3) is 0.0476. The van der Waals surface area contributed by atoms with Crippen LogP contribution in [0.1, 0.15) is 5.56 Å². The highest BCUT2D eigenvalue weighted by Gasteiger charge is 2.33. The predicted molar refractivity (Wildman–Crippen MR) is 189 cm³/mol. The summed E-state index contributed by atoms with van der Waals surface area (Å²) in [5.74, 6) is 0. The molecule has 0 bridgehead atoms. The van der Waals surface area contributed by atoms with Gasteiger partial charge in [0.2, 0.25) is 0 Å². The molecule has 5 aromatic carbocycles. The molecule has 218 valence electrons. The summed E-state index contributed by atoms with van der Waals surface area (Å²) in [6.07, 6.45) is 8.52. The Balaban J connectivity index is 1.32. The quantitative estimate of drug-likeness (QED) is 0.204. The van der Waals surface area contributed by atoms with E-state index in [0.29, 0.717) is 0 Å². The molecule has 0 saturated heterocycles. The molecule has 4 heterocycles. The number of fused-ring (bicyclic) bond motifs is 7. The summed E-state index contributed by atoms with van der Waals surface area (Å²) in [5, 5.41) is 0. The van der Waals surface area contributed by atoms with Gasteiger partial charge in [0.1, 0.15) is 0 Å². The van der Waals surface area contributed by atoms with Crippen LogP contribution in [0.5, 0.6) is 0 Å². The van der Waals surface area contributed by atoms with Crippen molar-refractivity contribution in [2.24, 2.45) is 0 Å². The lowest BCUT2D eigenvalue weighted by molar-refractivity contribution is 0.999. The van der Waals surface area contributed by atoms with Crippen molar-refractivity contribution in [2.75, 3.05) is 16.3 Å². The van der Waals surface area contributed by atoms with Crippen LogP contribution in [-0.4, -0.2) is 16.5 Å². The molecule has 2 aliphatic rings. The first-order chi connectivity index (χ1) is 22.8. The summed E-state index contributed by atoms with van der Waals surface area (Å²) >= 11 is 0. The summed E-state index contributed by atoms with van der Waals surface area (Å²) < 4.78 is 0. The van der Waals surface area contributed by atoms with E-state index < -0.39 is 0 Å². The number of nitrogens with zero attached hydrogens (tertiary/aromatic N) is 4. The molecule has 2 aromatic heterocycles. The fourth-order valence-electron chi connectivity index (χ4n) is 7.17. The lowest BCUT2D eigenvalue weighted by Gasteiger charge is -2.30. The van der Waals surface area contributed by atoms with Gasteiger partial charge < -0.3 is 9.80 Å². The second-order valence-electron chi connectivity index (χ2n) is 11.9. The van der Waals surface area contributed by atoms with Crippen molar-refractivity contribution in [1.29, 1.82) is 0 Å². The maximum atomic E-state index is 4.45. The zero-order valence-corrected chi connectivity index (χ0v) is 25.2. The lowest BCUT2D eigenvalue weighted by atomic mass is 9.92. The van der Waals surface area contributed by atoms with Gasteiger partial charge in [0.25, 0.3) is 0 Å². The number of benzene rings is 5. The highest BCUT2D eigenvalue weighted by Crippen LogP contribution is 2.56. The number of anilines is 5. The van der Waals surface area contributed by atoms with Crippen LogP contribution in [0, 0.1) is 0 Å². The van der Waals surface area contributed by atoms with E-state index in [2.05, 4.69) is 141 Å². The summed E-state index contributed by atoms with van der Waals surface area (Å²) in [4.78, 5) is 13.9. The monoisotopic (exact) mass is 590 g/mol. The first-order valence-corrected chi connectivity index (χ1v) is 15.8. The molecule has 2 aliphatic heterocycles. The van der Waals surface area contributed by atoms with Gasteiger partial charge in [0.05, 0.1) is 17.1 Å². The SMILES string of the molecule is c1ccc(N2c3ccccc3-c3ccccc3-c3c2ccc2c3N(c3cc(-c4cccnc4)cc(-c4cccnc4)c3)CC2)cc1. The molecule has 0 fully saturated rings. The molecule has 0 saturated carbocycles. The van der Waals surface area contributed by atoms with Crippen molar-refractivity contribution < 1.29 is 0 Å². The van der Waals surface area contributed by atoms with Crippen molar-refractivity contribution >= 4 is 28.4 Å². The minimum Gasteiger partial charge on any atom is -0.340 e. The van der Waals surface area contributed by atoms with Gasteiger partial charge in [-0.2, -0.15) is 0 Å². The Morgan fingerprint density at radius 2 is 1.13 bits per heavy atom. The Kier molecular flexibility index (Phi) is 6.24. The van der Waals surface area contributed by atoms with Gasteiger partial charge in [-0.3, -0.25) is 9.97 Å². The minimum atomic E-state index is 0.898. The average Bonchev–Trinajstić information content (AvgIpc) is 3.52. The summed E-state index contributed by atoms with van der Waals surface area (Å²) in [6, 6.07) is 48.3. The van der Waals surface area contributed by atoms with Gasteiger partial charge in [0.15, 0.2) is 0 Å². The second-order valence-corrected chi connectivity index (χ2v) is 11.9. The minimum absolute atomic E-state index is 0.898. The topological polar surface area (TPSA) is 32.3 Å². The van der Waals surface area contributed by atoms with Gasteiger partial charge in [-0.05, 0) is 88.8 Å². The Morgan fingerprint density at radius 1 is 0.478 bits per heavy atom. The molecule has 0 amide bonds. The van der Waals surface area contributed by atoms with Crippen LogP contribution in [0.25, 0.3) is 44.5 Å². The standard InChI is InChI=1S/C42H30N4/c1-2-12-34(13-3-1)46-39-17-7-6-15-37(39)36-14-4-5-16-38(36)41-40(46)19-18-29-20-23-45(42(29)41)35-25-32(30-10-8-21-43-27-30)24-33(26-35)31-11-9-22-44-28-31/h1-19,21-22,24-28H,20,23H2. The summed E-state index contributed by atoms with van der Waals surface area (Å²) in [5.41, 5.74) is 16.8. The van der Waals surface area contributed by atoms with E-state index in [1.54, 1.807) is 0 Å². The number of aromatic nitrogens is 2. The van der Waals surface area contributed by atoms with Crippen LogP contribution in [0.2, 0.25) is 0 Å². The molecule has 0 radical (unpaired) electrons. The Hall–Kier alpha value is -6.00. The highest BCUT2D eigenvalue weighted by molar-refractivity contribution is 6.07. The molecule has 0 aliphatic carbocycles. The first kappa shape index (κ1) is 26.4. The van der Waals surface area contributed by atoms with Crippen molar-refractivity contribution in [1.82, 2.24) is 9.97 Å². The normalized spacial score (nSPS) is 13.0. The summed E-state index contributed by atoms with van der Waals surface area (Å²) in [6.45, 7) is 0.898. The number of hydrogen-bond acceptors (Lipinski definition) is 4. The second kappa shape index (κ2) is 10.9. The maximum absolute atomic E-state index is 4.45. The Bertz CT molecular complexity index is 2150. The van der Waals surface area contributed by atoms with Gasteiger partial charge in [0, 0.05) is 65.0 Å². The van der Waals surface area contributed by atoms with Gasteiger partial charge in [-0.25, -0.2) is 0 Å². The number of hydrogen-bond donors (Lipinski definition) is 0. The molecule has 46 heavy (non-hydrogen) atoms. The van der Waals surface area contributed by atoms with Crippen LogP contribution in [0.4, 0.5) is 28.4 Å². The van der Waals surface area contributed by atoms with E-state index in [1.165, 1.54) is 44.9 Å². The zero-order valence-electron chi connectivity index (χ0n) is 25.2. The third-order valence-corrected chi connectivity index (χ3v) is 9.22. The van der Waals surface area contributed by atoms with Gasteiger partial charge in [-0.1, -0.05) is 78.9 Å². The fourth-order valence-corrected chi connectivity index (χ4v) is 7.17. The smallest absolute Gasteiger partial charge is 0.0561 e. The number of para-hydroxylation sites is 2. The number of rotatable bonds is 4. The van der Waals surface area contributed by atoms with E-state index in [-0.39, 0.29) is 0 Å². The van der Waals surface area contributed by atoms with E-state index in [0.717, 1.165) is 46.6 Å². The molecular formula is C42H30N4. The van der Waals surface area contributed by atoms with Crippen molar-refractivity contribution in [3.63, 3.8) is 0 Å². The Labute approximate surface area is 268 Å². The predicted octanol–water partition coefficient (Wildman–Crippen LogP) is 10.6. The van der Waals surface area contributed by atoms with E-state index >= 15 is 0 Å². The van der Waals surface area contributed by atoms with Crippen LogP contribution < -0.4 is 9.80 Å². The van der Waals surface area contributed by atoms with E-state index in [9.17, 15) is 0 Å². The molecule has 0 unspecified atom stereocenters. The van der Waals surface area contributed by atoms with Crippen LogP contribution >= 0.6 is 0 Å². The van der Waals surface area contributed by atoms with E-state index in [1.807, 2.05) is 36.9 Å². The Morgan fingerprint density at radius 3 is 1.83 bits per heavy atom. The molecule has 4 nitrogen and oxygen atoms in total. The molecule has 0 N–H and O–H groups in total. The van der Waals surface area contributed by atoms with Crippen molar-refractivity contribution in [3.05, 3.63) is 164 Å². The molecule has 7 aromatic rings. The third kappa shape index (κ3) is 4.30. The maximum Gasteiger partial charge on any atom is 0.0561 e. The molecule has 0 spiro atoms. The largest absolute Gasteiger partial charge is 0.340 e. The molecule has 0 atom stereocenters. The van der Waals surface area contributed by atoms with Crippen molar-refractivity contribution in [3.8, 4) is 44.5 Å². The zero-order chi connectivity index (χ0) is 30.5. The lowest BCUT2D eigenvalue weighted by Crippen LogP contribution is -2.16. The van der Waals surface area contributed by atoms with Crippen LogP contribution in [0.15, 0.2) is 158 Å². The van der Waals surface area contributed by atoms with E-state index in [4.69, 9.17) is 0 Å². The molecule has 4 heteroatoms. The van der Waals surface area contributed by atoms with Crippen LogP contribution in [-0.2, 0) is 6.42 Å². The highest BCUT2D eigenvalue weighted by atomic mass is 15.2. The first-order valence-electron chi connectivity index (χ1n) is 15.8. The third-order valence-electron chi connectivity index (χ3n) is 9.22. The number of pyridine rings is 2. The van der Waals surface area contributed by atoms with Gasteiger partial charge in [-0.15, -0.1) is 0 Å². The van der Waals surface area contributed by atoms with Crippen LogP contribution in [0.3, 0.4) is 0 Å².